The number of halogens is 3. The Labute approximate surface area is 122 Å². The fourth-order valence-corrected chi connectivity index (χ4v) is 2.35. The number of carboxylic acid groups (broad SMARTS) is 1. The predicted molar refractivity (Wildman–Crippen MR) is 69.1 cm³/mol. The number of rotatable bonds is 6. The van der Waals surface area contributed by atoms with Gasteiger partial charge in [0.05, 0.1) is 5.56 Å². The molecule has 0 bridgehead atoms. The van der Waals surface area contributed by atoms with E-state index in [2.05, 4.69) is 11.3 Å². The maximum atomic E-state index is 12.7. The van der Waals surface area contributed by atoms with Crippen LogP contribution in [0.2, 0.25) is 0 Å². The zero-order chi connectivity index (χ0) is 16.0. The molecule has 9 heteroatoms. The van der Waals surface area contributed by atoms with Gasteiger partial charge in [-0.05, 0) is 10.9 Å². The van der Waals surface area contributed by atoms with E-state index in [4.69, 9.17) is 5.11 Å². The second-order valence-electron chi connectivity index (χ2n) is 3.93. The highest BCUT2D eigenvalue weighted by Gasteiger charge is 2.35. The number of ether oxygens (including phenoxy) is 1. The largest absolute Gasteiger partial charge is 0.480 e. The highest BCUT2D eigenvalue weighted by atomic mass is 32.1. The summed E-state index contributed by atoms with van der Waals surface area (Å²) in [6.45, 7) is 3.17. The molecule has 0 aliphatic rings. The third-order valence-electron chi connectivity index (χ3n) is 2.39. The van der Waals surface area contributed by atoms with Gasteiger partial charge in [-0.25, -0.2) is 9.59 Å². The van der Waals surface area contributed by atoms with E-state index in [1.165, 1.54) is 11.5 Å². The van der Waals surface area contributed by atoms with E-state index in [0.717, 1.165) is 16.7 Å². The van der Waals surface area contributed by atoms with E-state index in [9.17, 15) is 22.8 Å². The number of carbonyl (C=O) groups is 2. The summed E-state index contributed by atoms with van der Waals surface area (Å²) in [6.07, 6.45) is -4.82. The molecule has 5 nitrogen and oxygen atoms in total. The number of amides is 1. The predicted octanol–water partition coefficient (Wildman–Crippen LogP) is 2.67. The molecule has 0 fully saturated rings. The van der Waals surface area contributed by atoms with Crippen molar-refractivity contribution < 1.29 is 32.6 Å². The number of aliphatic carboxylic acids is 1. The molecule has 0 aromatic carbocycles. The molecule has 1 aromatic heterocycles. The summed E-state index contributed by atoms with van der Waals surface area (Å²) < 4.78 is 42.6. The van der Waals surface area contributed by atoms with Gasteiger partial charge in [0, 0.05) is 11.8 Å². The minimum atomic E-state index is -4.57. The molecule has 21 heavy (non-hydrogen) atoms. The summed E-state index contributed by atoms with van der Waals surface area (Å²) in [4.78, 5) is 22.3. The number of carbonyl (C=O) groups excluding carboxylic acids is 1. The molecular weight excluding hydrogens is 311 g/mol. The van der Waals surface area contributed by atoms with Crippen molar-refractivity contribution in [2.45, 2.75) is 18.6 Å². The van der Waals surface area contributed by atoms with Crippen LogP contribution in [0.4, 0.5) is 18.0 Å². The fourth-order valence-electron chi connectivity index (χ4n) is 1.47. The molecular formula is C12H12F3NO4S. The summed E-state index contributed by atoms with van der Waals surface area (Å²) in [5.74, 6) is -1.45. The molecule has 0 saturated heterocycles. The van der Waals surface area contributed by atoms with Crippen molar-refractivity contribution in [2.24, 2.45) is 0 Å². The van der Waals surface area contributed by atoms with Crippen LogP contribution in [0.1, 0.15) is 11.1 Å². The van der Waals surface area contributed by atoms with Crippen molar-refractivity contribution in [3.63, 3.8) is 0 Å². The molecule has 0 aliphatic carbocycles. The Hall–Kier alpha value is -2.03. The Morgan fingerprint density at radius 2 is 2.14 bits per heavy atom. The number of alkyl halides is 3. The highest BCUT2D eigenvalue weighted by Crippen LogP contribution is 2.34. The number of carboxylic acids is 1. The number of thiophene rings is 1. The molecule has 116 valence electrons. The topological polar surface area (TPSA) is 75.6 Å². The summed E-state index contributed by atoms with van der Waals surface area (Å²) in [6, 6.07) is -1.52. The first-order valence-electron chi connectivity index (χ1n) is 5.65. The standard InChI is InChI=1S/C12H12F3NO4S/c1-2-3-20-11(19)16-9(10(17)18)4-7-5-21-6-8(7)12(13,14)15/h2,5-6,9H,1,3-4H2,(H,16,19)(H,17,18). The summed E-state index contributed by atoms with van der Waals surface area (Å²) in [5.41, 5.74) is -1.09. The van der Waals surface area contributed by atoms with Crippen LogP contribution in [-0.4, -0.2) is 29.8 Å². The number of nitrogens with one attached hydrogen (secondary N) is 1. The quantitative estimate of drug-likeness (QED) is 0.789. The third-order valence-corrected chi connectivity index (χ3v) is 3.19. The lowest BCUT2D eigenvalue weighted by Gasteiger charge is -2.15. The van der Waals surface area contributed by atoms with Crippen molar-refractivity contribution >= 4 is 23.4 Å². The molecule has 2 N–H and O–H groups in total. The van der Waals surface area contributed by atoms with Crippen LogP contribution < -0.4 is 5.32 Å². The molecule has 1 unspecified atom stereocenters. The van der Waals surface area contributed by atoms with Gasteiger partial charge in [-0.3, -0.25) is 0 Å². The molecule has 0 aliphatic heterocycles. The monoisotopic (exact) mass is 323 g/mol. The summed E-state index contributed by atoms with van der Waals surface area (Å²) in [5, 5.41) is 13.1. The second kappa shape index (κ2) is 7.11. The normalized spacial score (nSPS) is 12.5. The van der Waals surface area contributed by atoms with Gasteiger partial charge < -0.3 is 15.2 Å². The van der Waals surface area contributed by atoms with Crippen LogP contribution in [0, 0.1) is 0 Å². The lowest BCUT2D eigenvalue weighted by atomic mass is 10.0. The average molecular weight is 323 g/mol. The van der Waals surface area contributed by atoms with Gasteiger partial charge in [-0.1, -0.05) is 12.7 Å². The molecule has 1 rings (SSSR count). The zero-order valence-corrected chi connectivity index (χ0v) is 11.5. The van der Waals surface area contributed by atoms with Crippen LogP contribution >= 0.6 is 11.3 Å². The lowest BCUT2D eigenvalue weighted by Crippen LogP contribution is -2.42. The maximum Gasteiger partial charge on any atom is 0.417 e. The van der Waals surface area contributed by atoms with Gasteiger partial charge in [0.25, 0.3) is 0 Å². The van der Waals surface area contributed by atoms with Gasteiger partial charge in [-0.2, -0.15) is 24.5 Å². The average Bonchev–Trinajstić information content (AvgIpc) is 2.83. The SMILES string of the molecule is C=CCOC(=O)NC(Cc1cscc1C(F)(F)F)C(=O)O. The van der Waals surface area contributed by atoms with Gasteiger partial charge in [-0.15, -0.1) is 0 Å². The Morgan fingerprint density at radius 1 is 1.48 bits per heavy atom. The van der Waals surface area contributed by atoms with Gasteiger partial charge in [0.1, 0.15) is 12.6 Å². The fraction of sp³-hybridized carbons (Fsp3) is 0.333. The highest BCUT2D eigenvalue weighted by molar-refractivity contribution is 7.08. The molecule has 1 amide bonds. The first kappa shape index (κ1) is 17.0. The lowest BCUT2D eigenvalue weighted by molar-refractivity contribution is -0.141. The second-order valence-corrected chi connectivity index (χ2v) is 4.68. The molecule has 1 heterocycles. The van der Waals surface area contributed by atoms with Crippen molar-refractivity contribution in [1.29, 1.82) is 0 Å². The first-order chi connectivity index (χ1) is 9.75. The van der Waals surface area contributed by atoms with Crippen molar-refractivity contribution in [1.82, 2.24) is 5.32 Å². The Balaban J connectivity index is 2.80. The maximum absolute atomic E-state index is 12.7. The summed E-state index contributed by atoms with van der Waals surface area (Å²) >= 11 is 0.809. The summed E-state index contributed by atoms with van der Waals surface area (Å²) in [7, 11) is 0. The molecule has 0 spiro atoms. The van der Waals surface area contributed by atoms with E-state index in [-0.39, 0.29) is 12.2 Å². The smallest absolute Gasteiger partial charge is 0.417 e. The molecule has 0 radical (unpaired) electrons. The number of hydrogen-bond donors (Lipinski definition) is 2. The third kappa shape index (κ3) is 5.10. The van der Waals surface area contributed by atoms with Gasteiger partial charge in [0.15, 0.2) is 0 Å². The Bertz CT molecular complexity index is 527. The number of alkyl carbamates (subject to hydrolysis) is 1. The minimum absolute atomic E-state index is 0.134. The van der Waals surface area contributed by atoms with E-state index in [0.29, 0.717) is 0 Å². The van der Waals surface area contributed by atoms with E-state index in [1.54, 1.807) is 0 Å². The number of hydrogen-bond acceptors (Lipinski definition) is 4. The molecule has 0 saturated carbocycles. The molecule has 1 atom stereocenters. The van der Waals surface area contributed by atoms with E-state index >= 15 is 0 Å². The van der Waals surface area contributed by atoms with Crippen molar-refractivity contribution in [3.8, 4) is 0 Å². The van der Waals surface area contributed by atoms with Crippen molar-refractivity contribution in [2.75, 3.05) is 6.61 Å². The van der Waals surface area contributed by atoms with Gasteiger partial charge in [0.2, 0.25) is 0 Å². The van der Waals surface area contributed by atoms with Crippen LogP contribution in [-0.2, 0) is 22.1 Å². The Kier molecular flexibility index (Phi) is 5.77. The van der Waals surface area contributed by atoms with E-state index in [1.807, 2.05) is 5.32 Å². The zero-order valence-electron chi connectivity index (χ0n) is 10.6. The minimum Gasteiger partial charge on any atom is -0.480 e. The van der Waals surface area contributed by atoms with Crippen LogP contribution in [0.15, 0.2) is 23.4 Å². The van der Waals surface area contributed by atoms with Crippen LogP contribution in [0.3, 0.4) is 0 Å². The molecule has 1 aromatic rings. The van der Waals surface area contributed by atoms with Crippen LogP contribution in [0.5, 0.6) is 0 Å². The van der Waals surface area contributed by atoms with Crippen molar-refractivity contribution in [3.05, 3.63) is 34.5 Å². The first-order valence-corrected chi connectivity index (χ1v) is 6.59. The Morgan fingerprint density at radius 3 is 2.67 bits per heavy atom. The van der Waals surface area contributed by atoms with Crippen LogP contribution in [0.25, 0.3) is 0 Å². The van der Waals surface area contributed by atoms with Gasteiger partial charge >= 0.3 is 18.2 Å². The van der Waals surface area contributed by atoms with E-state index < -0.39 is 36.3 Å².